The molecule has 3 aliphatic rings. The molecule has 15 heavy (non-hydrogen) atoms. The van der Waals surface area contributed by atoms with Crippen molar-refractivity contribution >= 4 is 10.0 Å². The molecule has 1 saturated heterocycles. The van der Waals surface area contributed by atoms with Crippen LogP contribution in [0, 0.1) is 16.7 Å². The molecule has 1 spiro atoms. The van der Waals surface area contributed by atoms with Crippen molar-refractivity contribution in [3.8, 4) is 0 Å². The second-order valence-corrected chi connectivity index (χ2v) is 7.36. The molecular formula is C10H16LiNO2S. The van der Waals surface area contributed by atoms with E-state index in [2.05, 4.69) is 18.6 Å². The predicted octanol–water partition coefficient (Wildman–Crippen LogP) is -1.10. The Kier molecular flexibility index (Phi) is 2.43. The minimum absolute atomic E-state index is 0. The molecule has 0 N–H and O–H groups in total. The average molecular weight is 221 g/mol. The largest absolute Gasteiger partial charge is 1.00 e. The van der Waals surface area contributed by atoms with Crippen LogP contribution in [0.3, 0.4) is 0 Å². The Bertz CT molecular complexity index is 392. The van der Waals surface area contributed by atoms with Gasteiger partial charge in [0.2, 0.25) is 0 Å². The van der Waals surface area contributed by atoms with Gasteiger partial charge in [0.25, 0.3) is 0 Å². The molecule has 0 aromatic heterocycles. The van der Waals surface area contributed by atoms with Crippen molar-refractivity contribution < 1.29 is 27.3 Å². The first-order valence-corrected chi connectivity index (χ1v) is 6.93. The molecular weight excluding hydrogens is 205 g/mol. The Morgan fingerprint density at radius 3 is 2.53 bits per heavy atom. The van der Waals surface area contributed by atoms with Crippen molar-refractivity contribution in [2.45, 2.75) is 39.2 Å². The monoisotopic (exact) mass is 221 g/mol. The van der Waals surface area contributed by atoms with Crippen molar-refractivity contribution in [3.05, 3.63) is 4.72 Å². The summed E-state index contributed by atoms with van der Waals surface area (Å²) in [5, 5.41) is 0. The van der Waals surface area contributed by atoms with Gasteiger partial charge in [-0.25, -0.2) is 8.42 Å². The molecule has 80 valence electrons. The summed E-state index contributed by atoms with van der Waals surface area (Å²) in [5.74, 6) is 1.01. The van der Waals surface area contributed by atoms with E-state index in [9.17, 15) is 8.42 Å². The van der Waals surface area contributed by atoms with Gasteiger partial charge in [0.1, 0.15) is 0 Å². The van der Waals surface area contributed by atoms with Gasteiger partial charge in [0, 0.05) is 5.75 Å². The van der Waals surface area contributed by atoms with Crippen LogP contribution in [-0.4, -0.2) is 20.2 Å². The SMILES string of the molecule is CC1(C)[C@H]2CC[C@@]13CS(=O)(=O)[N-]C3C2.[Li+]. The first kappa shape index (κ1) is 12.0. The maximum atomic E-state index is 11.5. The van der Waals surface area contributed by atoms with E-state index in [-0.39, 0.29) is 35.7 Å². The minimum Gasteiger partial charge on any atom is -0.546 e. The molecule has 2 aliphatic carbocycles. The van der Waals surface area contributed by atoms with Gasteiger partial charge >= 0.3 is 18.9 Å². The van der Waals surface area contributed by atoms with Gasteiger partial charge in [0.15, 0.2) is 0 Å². The van der Waals surface area contributed by atoms with E-state index in [0.29, 0.717) is 11.7 Å². The number of sulfonamides is 1. The van der Waals surface area contributed by atoms with Crippen molar-refractivity contribution in [2.24, 2.45) is 16.7 Å². The summed E-state index contributed by atoms with van der Waals surface area (Å²) in [4.78, 5) is 0. The van der Waals surface area contributed by atoms with E-state index in [0.717, 1.165) is 12.8 Å². The van der Waals surface area contributed by atoms with Crippen LogP contribution >= 0.6 is 0 Å². The van der Waals surface area contributed by atoms with Gasteiger partial charge in [-0.15, -0.1) is 6.04 Å². The fraction of sp³-hybridized carbons (Fsp3) is 1.00. The molecule has 0 radical (unpaired) electrons. The molecule has 2 bridgehead atoms. The maximum Gasteiger partial charge on any atom is 1.00 e. The summed E-state index contributed by atoms with van der Waals surface area (Å²) in [7, 11) is -3.10. The van der Waals surface area contributed by atoms with Crippen molar-refractivity contribution in [3.63, 3.8) is 0 Å². The number of rotatable bonds is 0. The second kappa shape index (κ2) is 3.04. The van der Waals surface area contributed by atoms with Gasteiger partial charge < -0.3 is 4.72 Å². The summed E-state index contributed by atoms with van der Waals surface area (Å²) >= 11 is 0. The molecule has 0 aromatic carbocycles. The van der Waals surface area contributed by atoms with E-state index in [4.69, 9.17) is 0 Å². The Hall–Kier alpha value is 0.507. The molecule has 1 heterocycles. The minimum atomic E-state index is -3.10. The first-order chi connectivity index (χ1) is 6.37. The van der Waals surface area contributed by atoms with Gasteiger partial charge in [-0.2, -0.15) is 0 Å². The standard InChI is InChI=1S/C10H16NO2S.Li/c1-9(2)7-3-4-10(9)6-14(12,13)11-8(10)5-7;/h7-8H,3-6H2,1-2H3;/q-1;+1/t7-,8?,10-;/m0./s1. The number of hydrogen-bond acceptors (Lipinski definition) is 2. The zero-order valence-electron chi connectivity index (χ0n) is 9.66. The molecule has 1 unspecified atom stereocenters. The van der Waals surface area contributed by atoms with E-state index >= 15 is 0 Å². The fourth-order valence-corrected chi connectivity index (χ4v) is 6.19. The maximum absolute atomic E-state index is 11.5. The smallest absolute Gasteiger partial charge is 0.546 e. The predicted molar refractivity (Wildman–Crippen MR) is 54.5 cm³/mol. The molecule has 0 amide bonds. The van der Waals surface area contributed by atoms with Crippen LogP contribution < -0.4 is 18.9 Å². The quantitative estimate of drug-likeness (QED) is 0.488. The number of hydrogen-bond donors (Lipinski definition) is 0. The van der Waals surface area contributed by atoms with Crippen LogP contribution in [0.4, 0.5) is 0 Å². The molecule has 3 nitrogen and oxygen atoms in total. The Morgan fingerprint density at radius 1 is 1.33 bits per heavy atom. The third-order valence-electron chi connectivity index (χ3n) is 5.12. The van der Waals surface area contributed by atoms with E-state index in [1.807, 2.05) is 0 Å². The third kappa shape index (κ3) is 1.26. The Morgan fingerprint density at radius 2 is 2.00 bits per heavy atom. The third-order valence-corrected chi connectivity index (χ3v) is 6.57. The van der Waals surface area contributed by atoms with Crippen molar-refractivity contribution in [1.82, 2.24) is 0 Å². The van der Waals surface area contributed by atoms with Crippen LogP contribution in [0.5, 0.6) is 0 Å². The van der Waals surface area contributed by atoms with E-state index in [1.165, 1.54) is 6.42 Å². The van der Waals surface area contributed by atoms with E-state index in [1.54, 1.807) is 0 Å². The molecule has 5 heteroatoms. The van der Waals surface area contributed by atoms with Gasteiger partial charge in [0.05, 0.1) is 10.0 Å². The molecule has 3 atom stereocenters. The average Bonchev–Trinajstić information content (AvgIpc) is 2.50. The summed E-state index contributed by atoms with van der Waals surface area (Å²) in [6, 6.07) is 0.112. The zero-order valence-corrected chi connectivity index (χ0v) is 10.5. The van der Waals surface area contributed by atoms with Crippen molar-refractivity contribution in [1.29, 1.82) is 0 Å². The van der Waals surface area contributed by atoms with Crippen LogP contribution in [0.25, 0.3) is 4.72 Å². The molecule has 2 saturated carbocycles. The van der Waals surface area contributed by atoms with Crippen molar-refractivity contribution in [2.75, 3.05) is 5.75 Å². The van der Waals surface area contributed by atoms with Crippen LogP contribution in [0.2, 0.25) is 0 Å². The Labute approximate surface area is 104 Å². The molecule has 1 aliphatic heterocycles. The van der Waals surface area contributed by atoms with Crippen LogP contribution in [0.1, 0.15) is 33.1 Å². The topological polar surface area (TPSA) is 48.2 Å². The zero-order chi connectivity index (χ0) is 10.2. The first-order valence-electron chi connectivity index (χ1n) is 5.32. The summed E-state index contributed by atoms with van der Waals surface area (Å²) in [6.07, 6.45) is 3.28. The van der Waals surface area contributed by atoms with Crippen LogP contribution in [0.15, 0.2) is 0 Å². The number of fused-ring (bicyclic) bond motifs is 1. The van der Waals surface area contributed by atoms with Gasteiger partial charge in [-0.3, -0.25) is 0 Å². The normalized spacial score (nSPS) is 48.7. The Balaban J connectivity index is 0.000000853. The fourth-order valence-electron chi connectivity index (χ4n) is 4.08. The second-order valence-electron chi connectivity index (χ2n) is 5.70. The van der Waals surface area contributed by atoms with E-state index < -0.39 is 10.0 Å². The van der Waals surface area contributed by atoms with Crippen LogP contribution in [-0.2, 0) is 10.0 Å². The summed E-state index contributed by atoms with van der Waals surface area (Å²) in [5.41, 5.74) is 0.182. The molecule has 0 aromatic rings. The van der Waals surface area contributed by atoms with Gasteiger partial charge in [-0.1, -0.05) is 20.3 Å². The summed E-state index contributed by atoms with van der Waals surface area (Å²) in [6.45, 7) is 4.47. The van der Waals surface area contributed by atoms with Gasteiger partial charge in [-0.05, 0) is 29.6 Å². The summed E-state index contributed by atoms with van der Waals surface area (Å²) < 4.78 is 27.1. The number of nitrogens with zero attached hydrogens (tertiary/aromatic N) is 1. The molecule has 3 fully saturated rings. The molecule has 3 rings (SSSR count).